The van der Waals surface area contributed by atoms with E-state index in [0.29, 0.717) is 18.9 Å². The fourth-order valence-electron chi connectivity index (χ4n) is 2.36. The van der Waals surface area contributed by atoms with E-state index in [9.17, 15) is 9.59 Å². The monoisotopic (exact) mass is 318 g/mol. The normalized spacial score (nSPS) is 20.1. The Bertz CT molecular complexity index is 603. The molecule has 124 valence electrons. The third-order valence-corrected chi connectivity index (χ3v) is 3.32. The van der Waals surface area contributed by atoms with Crippen molar-refractivity contribution in [2.24, 2.45) is 4.99 Å². The van der Waals surface area contributed by atoms with Crippen molar-refractivity contribution in [1.29, 1.82) is 0 Å². The van der Waals surface area contributed by atoms with Crippen LogP contribution in [0.25, 0.3) is 0 Å². The number of nitrogens with one attached hydrogen (secondary N) is 2. The maximum atomic E-state index is 12.0. The SMILES string of the molecule is CC(=O)NCCNC(=O)CC1(C)N=C(c2ccccc2)N(C)O1. The number of benzene rings is 1. The number of carbonyl (C=O) groups is 2. The van der Waals surface area contributed by atoms with Crippen LogP contribution in [-0.4, -0.2) is 48.6 Å². The first-order chi connectivity index (χ1) is 10.9. The molecule has 0 spiro atoms. The van der Waals surface area contributed by atoms with Crippen LogP contribution in [0.5, 0.6) is 0 Å². The van der Waals surface area contributed by atoms with Crippen molar-refractivity contribution < 1.29 is 14.4 Å². The van der Waals surface area contributed by atoms with Gasteiger partial charge in [0.15, 0.2) is 11.6 Å². The van der Waals surface area contributed by atoms with E-state index < -0.39 is 5.72 Å². The van der Waals surface area contributed by atoms with Gasteiger partial charge in [0.05, 0.1) is 6.42 Å². The number of rotatable bonds is 6. The van der Waals surface area contributed by atoms with E-state index in [0.717, 1.165) is 5.56 Å². The lowest BCUT2D eigenvalue weighted by Crippen LogP contribution is -2.38. The fourth-order valence-corrected chi connectivity index (χ4v) is 2.36. The number of carbonyl (C=O) groups excluding carboxylic acids is 2. The number of amidine groups is 1. The van der Waals surface area contributed by atoms with E-state index in [-0.39, 0.29) is 18.2 Å². The lowest BCUT2D eigenvalue weighted by Gasteiger charge is -2.21. The Kier molecular flexibility index (Phi) is 5.33. The van der Waals surface area contributed by atoms with Crippen molar-refractivity contribution in [2.45, 2.75) is 26.0 Å². The molecule has 0 saturated heterocycles. The molecule has 1 unspecified atom stereocenters. The molecule has 1 heterocycles. The summed E-state index contributed by atoms with van der Waals surface area (Å²) >= 11 is 0. The Morgan fingerprint density at radius 2 is 1.87 bits per heavy atom. The Labute approximate surface area is 135 Å². The summed E-state index contributed by atoms with van der Waals surface area (Å²) in [6, 6.07) is 9.67. The summed E-state index contributed by atoms with van der Waals surface area (Å²) in [4.78, 5) is 33.1. The van der Waals surface area contributed by atoms with Crippen LogP contribution in [-0.2, 0) is 14.4 Å². The molecular weight excluding hydrogens is 296 g/mol. The largest absolute Gasteiger partial charge is 0.355 e. The molecule has 2 N–H and O–H groups in total. The van der Waals surface area contributed by atoms with Gasteiger partial charge in [-0.1, -0.05) is 30.3 Å². The minimum atomic E-state index is -0.933. The molecule has 0 aromatic heterocycles. The number of hydrogen-bond donors (Lipinski definition) is 2. The summed E-state index contributed by atoms with van der Waals surface area (Å²) in [5, 5.41) is 6.94. The second-order valence-corrected chi connectivity index (χ2v) is 5.57. The molecule has 0 radical (unpaired) electrons. The van der Waals surface area contributed by atoms with E-state index in [4.69, 9.17) is 4.84 Å². The minimum absolute atomic E-state index is 0.105. The van der Waals surface area contributed by atoms with Gasteiger partial charge in [0.2, 0.25) is 11.8 Å². The highest BCUT2D eigenvalue weighted by molar-refractivity contribution is 5.99. The number of amides is 2. The zero-order valence-corrected chi connectivity index (χ0v) is 13.6. The summed E-state index contributed by atoms with van der Waals surface area (Å²) < 4.78 is 0. The lowest BCUT2D eigenvalue weighted by molar-refractivity contribution is -0.166. The van der Waals surface area contributed by atoms with Gasteiger partial charge < -0.3 is 10.6 Å². The van der Waals surface area contributed by atoms with Crippen molar-refractivity contribution in [3.05, 3.63) is 35.9 Å². The lowest BCUT2D eigenvalue weighted by atomic mass is 10.1. The molecule has 1 aliphatic rings. The number of hydrogen-bond acceptors (Lipinski definition) is 5. The van der Waals surface area contributed by atoms with Crippen LogP contribution in [0.2, 0.25) is 0 Å². The second-order valence-electron chi connectivity index (χ2n) is 5.57. The Hall–Kier alpha value is -2.41. The molecule has 1 aliphatic heterocycles. The third kappa shape index (κ3) is 4.79. The van der Waals surface area contributed by atoms with Crippen LogP contribution in [0.3, 0.4) is 0 Å². The minimum Gasteiger partial charge on any atom is -0.355 e. The van der Waals surface area contributed by atoms with Gasteiger partial charge in [0.25, 0.3) is 0 Å². The maximum Gasteiger partial charge on any atom is 0.225 e. The molecule has 7 nitrogen and oxygen atoms in total. The molecule has 2 rings (SSSR count). The van der Waals surface area contributed by atoms with Gasteiger partial charge in [-0.3, -0.25) is 9.59 Å². The summed E-state index contributed by atoms with van der Waals surface area (Å²) in [5.41, 5.74) is 0.00246. The van der Waals surface area contributed by atoms with Crippen LogP contribution in [0.4, 0.5) is 0 Å². The predicted octanol–water partition coefficient (Wildman–Crippen LogP) is 0.669. The van der Waals surface area contributed by atoms with E-state index in [1.165, 1.54) is 6.92 Å². The Morgan fingerprint density at radius 1 is 1.22 bits per heavy atom. The van der Waals surface area contributed by atoms with E-state index in [1.807, 2.05) is 30.3 Å². The maximum absolute atomic E-state index is 12.0. The zero-order valence-electron chi connectivity index (χ0n) is 13.6. The summed E-state index contributed by atoms with van der Waals surface area (Å²) in [7, 11) is 1.77. The van der Waals surface area contributed by atoms with Crippen LogP contribution in [0.15, 0.2) is 35.3 Å². The Morgan fingerprint density at radius 3 is 2.52 bits per heavy atom. The summed E-state index contributed by atoms with van der Waals surface area (Å²) in [5.74, 6) is 0.396. The van der Waals surface area contributed by atoms with E-state index in [1.54, 1.807) is 19.0 Å². The van der Waals surface area contributed by atoms with Gasteiger partial charge in [-0.05, 0) is 6.92 Å². The van der Waals surface area contributed by atoms with Crippen LogP contribution in [0.1, 0.15) is 25.8 Å². The molecule has 1 aromatic rings. The number of aliphatic imine (C=N–C) groups is 1. The van der Waals surface area contributed by atoms with E-state index >= 15 is 0 Å². The molecule has 23 heavy (non-hydrogen) atoms. The summed E-state index contributed by atoms with van der Waals surface area (Å²) in [6.07, 6.45) is 0.105. The molecule has 7 heteroatoms. The second kappa shape index (κ2) is 7.23. The first-order valence-corrected chi connectivity index (χ1v) is 7.49. The number of nitrogens with zero attached hydrogens (tertiary/aromatic N) is 2. The first-order valence-electron chi connectivity index (χ1n) is 7.49. The molecule has 0 fully saturated rings. The fraction of sp³-hybridized carbons (Fsp3) is 0.438. The van der Waals surface area contributed by atoms with Gasteiger partial charge in [-0.15, -0.1) is 0 Å². The molecule has 2 amide bonds. The summed E-state index contributed by atoms with van der Waals surface area (Å²) in [6.45, 7) is 3.98. The third-order valence-electron chi connectivity index (χ3n) is 3.32. The average Bonchev–Trinajstić information content (AvgIpc) is 2.79. The molecule has 1 aromatic carbocycles. The van der Waals surface area contributed by atoms with Crippen molar-refractivity contribution in [3.63, 3.8) is 0 Å². The Balaban J connectivity index is 1.93. The standard InChI is InChI=1S/C16H22N4O3/c1-12(21)17-9-10-18-14(22)11-16(2)19-15(20(3)23-16)13-7-5-4-6-8-13/h4-8H,9-11H2,1-3H3,(H,17,21)(H,18,22). The topological polar surface area (TPSA) is 83.0 Å². The quantitative estimate of drug-likeness (QED) is 0.755. The molecule has 0 saturated carbocycles. The zero-order chi connectivity index (χ0) is 16.9. The van der Waals surface area contributed by atoms with Gasteiger partial charge in [-0.25, -0.2) is 14.9 Å². The smallest absolute Gasteiger partial charge is 0.225 e. The first kappa shape index (κ1) is 17.0. The highest BCUT2D eigenvalue weighted by Crippen LogP contribution is 2.27. The molecule has 0 bridgehead atoms. The molecular formula is C16H22N4O3. The van der Waals surface area contributed by atoms with Gasteiger partial charge in [0, 0.05) is 32.6 Å². The van der Waals surface area contributed by atoms with E-state index in [2.05, 4.69) is 15.6 Å². The highest BCUT2D eigenvalue weighted by Gasteiger charge is 2.37. The van der Waals surface area contributed by atoms with Crippen molar-refractivity contribution >= 4 is 17.6 Å². The average molecular weight is 318 g/mol. The van der Waals surface area contributed by atoms with Crippen molar-refractivity contribution in [2.75, 3.05) is 20.1 Å². The van der Waals surface area contributed by atoms with Crippen LogP contribution < -0.4 is 10.6 Å². The molecule has 0 aliphatic carbocycles. The van der Waals surface area contributed by atoms with Gasteiger partial charge in [0.1, 0.15) is 0 Å². The van der Waals surface area contributed by atoms with Crippen LogP contribution in [0, 0.1) is 0 Å². The van der Waals surface area contributed by atoms with Gasteiger partial charge >= 0.3 is 0 Å². The van der Waals surface area contributed by atoms with Crippen molar-refractivity contribution in [1.82, 2.24) is 15.7 Å². The highest BCUT2D eigenvalue weighted by atomic mass is 16.7. The number of hydroxylamine groups is 2. The van der Waals surface area contributed by atoms with Gasteiger partial charge in [-0.2, -0.15) is 0 Å². The van der Waals surface area contributed by atoms with Crippen molar-refractivity contribution in [3.8, 4) is 0 Å². The van der Waals surface area contributed by atoms with Crippen LogP contribution >= 0.6 is 0 Å². The predicted molar refractivity (Wildman–Crippen MR) is 86.5 cm³/mol. The molecule has 1 atom stereocenters.